The fourth-order valence-electron chi connectivity index (χ4n) is 7.89. The molecule has 4 aromatic carbocycles. The highest BCUT2D eigenvalue weighted by Crippen LogP contribution is 2.54. The predicted molar refractivity (Wildman–Crippen MR) is 265 cm³/mol. The van der Waals surface area contributed by atoms with Crippen LogP contribution in [0.2, 0.25) is 0 Å². The maximum Gasteiger partial charge on any atom is 0.0645 e. The monoisotopic (exact) mass is 792 g/mol. The standard InChI is InChI=1S/C35H32N2.C14H20.C6H7N.C2H6/c1-8-26-27(9-2)34-29-18-17-23(4)20-30(29)35(6,7)31(34)21-33(26)37(25-15-13-19-36-22-25)32(10-3)28-16-12-11-14-24(28)5;1-5-11(3)13(6-2)14-10-8-7-9-12(14)4;1-6-3-2-4-7-5-6;1-2/h8-22H,1-3,5H2,4,6-7H3;6-11H,5H2,1-4H3;2-5H,1H3;1-2H3/b32-28+;13-6-;;. The Morgan fingerprint density at radius 2 is 1.40 bits per heavy atom. The molecule has 7 rings (SSSR count). The minimum Gasteiger partial charge on any atom is -0.308 e. The molecule has 0 aliphatic heterocycles. The SMILES string of the molecule is C/C=C(\c1ccccc1C)C(C)CC.C=C/C(=c1/ccccc1=C)N(c1cccnc1)c1cc2c(c(C=C)c1C=C)-c1ccc(C)cc1C2(C)C.CC.Cc1cccnc1. The summed E-state index contributed by atoms with van der Waals surface area (Å²) in [5.74, 6) is 0.654. The average Bonchev–Trinajstić information content (AvgIpc) is 3.49. The van der Waals surface area contributed by atoms with Crippen LogP contribution in [0, 0.1) is 26.7 Å². The van der Waals surface area contributed by atoms with Crippen LogP contribution < -0.4 is 15.3 Å². The topological polar surface area (TPSA) is 29.0 Å². The lowest BCUT2D eigenvalue weighted by Gasteiger charge is -2.31. The van der Waals surface area contributed by atoms with Crippen molar-refractivity contribution < 1.29 is 0 Å². The third-order valence-corrected chi connectivity index (χ3v) is 11.2. The summed E-state index contributed by atoms with van der Waals surface area (Å²) in [4.78, 5) is 10.6. The quantitative estimate of drug-likeness (QED) is 0.146. The van der Waals surface area contributed by atoms with Crippen molar-refractivity contribution in [3.63, 3.8) is 0 Å². The second kappa shape index (κ2) is 21.6. The van der Waals surface area contributed by atoms with Crippen LogP contribution in [-0.2, 0) is 5.41 Å². The molecule has 6 aromatic rings. The van der Waals surface area contributed by atoms with Crippen LogP contribution in [0.4, 0.5) is 11.4 Å². The highest BCUT2D eigenvalue weighted by molar-refractivity contribution is 5.98. The van der Waals surface area contributed by atoms with E-state index in [0.717, 1.165) is 38.6 Å². The molecule has 1 aliphatic carbocycles. The van der Waals surface area contributed by atoms with E-state index in [4.69, 9.17) is 0 Å². The summed E-state index contributed by atoms with van der Waals surface area (Å²) < 4.78 is 0. The van der Waals surface area contributed by atoms with E-state index in [1.54, 1.807) is 12.4 Å². The van der Waals surface area contributed by atoms with Crippen molar-refractivity contribution in [1.82, 2.24) is 9.97 Å². The number of rotatable bonds is 9. The van der Waals surface area contributed by atoms with Crippen LogP contribution in [0.15, 0.2) is 154 Å². The number of nitrogens with zero attached hydrogens (tertiary/aromatic N) is 3. The number of aryl methyl sites for hydroxylation is 3. The van der Waals surface area contributed by atoms with E-state index in [2.05, 4.69) is 156 Å². The van der Waals surface area contributed by atoms with Gasteiger partial charge >= 0.3 is 0 Å². The van der Waals surface area contributed by atoms with Crippen LogP contribution in [-0.4, -0.2) is 9.97 Å². The van der Waals surface area contributed by atoms with Gasteiger partial charge in [0, 0.05) is 34.8 Å². The van der Waals surface area contributed by atoms with Gasteiger partial charge in [-0.05, 0) is 126 Å². The summed E-state index contributed by atoms with van der Waals surface area (Å²) in [6.07, 6.45) is 16.5. The van der Waals surface area contributed by atoms with E-state index < -0.39 is 0 Å². The zero-order valence-electron chi connectivity index (χ0n) is 37.8. The van der Waals surface area contributed by atoms with Crippen LogP contribution >= 0.6 is 0 Å². The maximum absolute atomic E-state index is 4.45. The Morgan fingerprint density at radius 3 is 1.93 bits per heavy atom. The van der Waals surface area contributed by atoms with Gasteiger partial charge in [0.15, 0.2) is 0 Å². The first kappa shape index (κ1) is 46.4. The lowest BCUT2D eigenvalue weighted by molar-refractivity contribution is 0.659. The van der Waals surface area contributed by atoms with Gasteiger partial charge in [-0.3, -0.25) is 9.97 Å². The third-order valence-electron chi connectivity index (χ3n) is 11.2. The maximum atomic E-state index is 4.45. The van der Waals surface area contributed by atoms with Crippen molar-refractivity contribution in [2.45, 2.75) is 81.1 Å². The molecule has 1 aliphatic rings. The van der Waals surface area contributed by atoms with Gasteiger partial charge in [0.05, 0.1) is 23.3 Å². The molecule has 0 spiro atoms. The smallest absolute Gasteiger partial charge is 0.0645 e. The van der Waals surface area contributed by atoms with E-state index >= 15 is 0 Å². The van der Waals surface area contributed by atoms with Gasteiger partial charge in [0.25, 0.3) is 0 Å². The number of anilines is 2. The molecule has 0 amide bonds. The minimum atomic E-state index is -0.179. The molecule has 1 unspecified atom stereocenters. The number of fused-ring (bicyclic) bond motifs is 3. The van der Waals surface area contributed by atoms with Gasteiger partial charge in [0.2, 0.25) is 0 Å². The minimum absolute atomic E-state index is 0.179. The first-order chi connectivity index (χ1) is 28.9. The number of hydrogen-bond donors (Lipinski definition) is 0. The van der Waals surface area contributed by atoms with Crippen LogP contribution in [0.5, 0.6) is 0 Å². The molecular weight excluding hydrogens is 727 g/mol. The Labute approximate surface area is 361 Å². The zero-order chi connectivity index (χ0) is 44.0. The van der Waals surface area contributed by atoms with Gasteiger partial charge < -0.3 is 4.90 Å². The fourth-order valence-corrected chi connectivity index (χ4v) is 7.89. The highest BCUT2D eigenvalue weighted by Gasteiger charge is 2.38. The van der Waals surface area contributed by atoms with Gasteiger partial charge in [-0.1, -0.05) is 164 Å². The van der Waals surface area contributed by atoms with Crippen molar-refractivity contribution in [1.29, 1.82) is 0 Å². The molecule has 2 heterocycles. The second-order valence-corrected chi connectivity index (χ2v) is 15.4. The van der Waals surface area contributed by atoms with E-state index in [9.17, 15) is 0 Å². The summed E-state index contributed by atoms with van der Waals surface area (Å²) in [6, 6.07) is 33.8. The molecule has 0 N–H and O–H groups in total. The lowest BCUT2D eigenvalue weighted by Crippen LogP contribution is -2.31. The molecule has 3 nitrogen and oxygen atoms in total. The van der Waals surface area contributed by atoms with Gasteiger partial charge in [-0.25, -0.2) is 0 Å². The molecule has 0 bridgehead atoms. The van der Waals surface area contributed by atoms with Crippen LogP contribution in [0.3, 0.4) is 0 Å². The Hall–Kier alpha value is -6.32. The third kappa shape index (κ3) is 10.1. The Balaban J connectivity index is 0.000000282. The summed E-state index contributed by atoms with van der Waals surface area (Å²) in [5, 5.41) is 1.94. The summed E-state index contributed by atoms with van der Waals surface area (Å²) >= 11 is 0. The summed E-state index contributed by atoms with van der Waals surface area (Å²) in [6.45, 7) is 38.7. The summed E-state index contributed by atoms with van der Waals surface area (Å²) in [5.41, 5.74) is 16.6. The normalized spacial score (nSPS) is 12.9. The van der Waals surface area contributed by atoms with Crippen molar-refractivity contribution >= 4 is 41.4 Å². The van der Waals surface area contributed by atoms with Crippen molar-refractivity contribution in [2.75, 3.05) is 4.90 Å². The molecule has 1 atom stereocenters. The number of hydrogen-bond acceptors (Lipinski definition) is 3. The molecular formula is C57H65N3. The van der Waals surface area contributed by atoms with E-state index in [-0.39, 0.29) is 5.41 Å². The van der Waals surface area contributed by atoms with Crippen molar-refractivity contribution in [2.24, 2.45) is 5.92 Å². The molecule has 308 valence electrons. The molecule has 0 saturated carbocycles. The van der Waals surface area contributed by atoms with Gasteiger partial charge in [-0.15, -0.1) is 0 Å². The van der Waals surface area contributed by atoms with Crippen molar-refractivity contribution in [3.05, 3.63) is 209 Å². The molecule has 0 saturated heterocycles. The zero-order valence-corrected chi connectivity index (χ0v) is 37.8. The van der Waals surface area contributed by atoms with Crippen LogP contribution in [0.25, 0.3) is 41.1 Å². The number of pyridine rings is 2. The summed E-state index contributed by atoms with van der Waals surface area (Å²) in [7, 11) is 0. The number of aromatic nitrogens is 2. The van der Waals surface area contributed by atoms with Gasteiger partial charge in [-0.2, -0.15) is 0 Å². The number of benzene rings is 4. The molecule has 2 aromatic heterocycles. The molecule has 0 fully saturated rings. The Morgan fingerprint density at radius 1 is 0.750 bits per heavy atom. The van der Waals surface area contributed by atoms with Gasteiger partial charge in [0.1, 0.15) is 0 Å². The number of allylic oxidation sites excluding steroid dienone is 2. The Bertz CT molecular complexity index is 2540. The fraction of sp³-hybridized carbons (Fsp3) is 0.228. The lowest BCUT2D eigenvalue weighted by atomic mass is 9.80. The largest absolute Gasteiger partial charge is 0.308 e. The molecule has 60 heavy (non-hydrogen) atoms. The van der Waals surface area contributed by atoms with Crippen LogP contribution in [0.1, 0.15) is 99.4 Å². The van der Waals surface area contributed by atoms with E-state index in [1.165, 1.54) is 56.5 Å². The van der Waals surface area contributed by atoms with Crippen molar-refractivity contribution in [3.8, 4) is 11.1 Å². The molecule has 0 radical (unpaired) electrons. The van der Waals surface area contributed by atoms with E-state index in [1.807, 2.05) is 87.8 Å². The molecule has 3 heteroatoms. The highest BCUT2D eigenvalue weighted by atomic mass is 15.2. The average molecular weight is 792 g/mol. The first-order valence-corrected chi connectivity index (χ1v) is 21.2. The Kier molecular flexibility index (Phi) is 16.7. The first-order valence-electron chi connectivity index (χ1n) is 21.2. The second-order valence-electron chi connectivity index (χ2n) is 15.4. The predicted octanol–water partition coefficient (Wildman–Crippen LogP) is 14.4. The van der Waals surface area contributed by atoms with E-state index in [0.29, 0.717) is 5.92 Å².